The average molecular weight is 521 g/mol. The van der Waals surface area contributed by atoms with Crippen LogP contribution >= 0.6 is 11.3 Å². The molecule has 12 heteroatoms. The van der Waals surface area contributed by atoms with Gasteiger partial charge in [0.2, 0.25) is 0 Å². The quantitative estimate of drug-likeness (QED) is 0.272. The number of hydrogen-bond donors (Lipinski definition) is 3. The smallest absolute Gasteiger partial charge is 0.321 e. The summed E-state index contributed by atoms with van der Waals surface area (Å²) in [6.07, 6.45) is 3.69. The Morgan fingerprint density at radius 2 is 1.86 bits per heavy atom. The van der Waals surface area contributed by atoms with Crippen LogP contribution in [0.15, 0.2) is 48.9 Å². The number of carboxylic acid groups (broad SMARTS) is 1. The first-order valence-electron chi connectivity index (χ1n) is 11.5. The van der Waals surface area contributed by atoms with Crippen molar-refractivity contribution in [1.82, 2.24) is 25.3 Å². The third kappa shape index (κ3) is 6.41. The molecule has 4 aromatic rings. The van der Waals surface area contributed by atoms with Gasteiger partial charge in [0.25, 0.3) is 0 Å². The Kier molecular flexibility index (Phi) is 7.98. The van der Waals surface area contributed by atoms with E-state index in [4.69, 9.17) is 9.84 Å². The summed E-state index contributed by atoms with van der Waals surface area (Å²) in [7, 11) is 0. The van der Waals surface area contributed by atoms with Crippen molar-refractivity contribution in [3.63, 3.8) is 0 Å². The number of hydrogen-bond acceptors (Lipinski definition) is 9. The van der Waals surface area contributed by atoms with Crippen LogP contribution in [-0.4, -0.2) is 49.6 Å². The minimum absolute atomic E-state index is 0.224. The Hall–Kier alpha value is -4.45. The highest BCUT2D eigenvalue weighted by molar-refractivity contribution is 7.22. The number of aromatic nitrogens is 4. The van der Waals surface area contributed by atoms with Crippen LogP contribution in [-0.2, 0) is 14.3 Å². The number of carbonyl (C=O) groups excluding carboxylic acids is 2. The number of aliphatic carboxylic acids is 1. The number of esters is 1. The van der Waals surface area contributed by atoms with Gasteiger partial charge in [-0.05, 0) is 43.7 Å². The molecule has 0 aliphatic carbocycles. The molecular weight excluding hydrogens is 496 g/mol. The molecule has 0 saturated carbocycles. The lowest BCUT2D eigenvalue weighted by molar-refractivity contribution is -0.152. The fourth-order valence-electron chi connectivity index (χ4n) is 3.48. The Labute approximate surface area is 216 Å². The average Bonchev–Trinajstić information content (AvgIpc) is 3.29. The molecule has 0 spiro atoms. The van der Waals surface area contributed by atoms with Crippen molar-refractivity contribution < 1.29 is 24.2 Å². The van der Waals surface area contributed by atoms with Crippen LogP contribution < -0.4 is 10.6 Å². The van der Waals surface area contributed by atoms with E-state index >= 15 is 0 Å². The fourth-order valence-corrected chi connectivity index (χ4v) is 4.45. The molecule has 1 unspecified atom stereocenters. The number of ether oxygens (including phenoxy) is 1. The van der Waals surface area contributed by atoms with E-state index in [-0.39, 0.29) is 18.9 Å². The number of urea groups is 1. The van der Waals surface area contributed by atoms with Gasteiger partial charge in [-0.25, -0.2) is 19.7 Å². The van der Waals surface area contributed by atoms with Crippen molar-refractivity contribution in [3.8, 4) is 22.4 Å². The lowest BCUT2D eigenvalue weighted by Crippen LogP contribution is -2.28. The first-order valence-corrected chi connectivity index (χ1v) is 12.3. The number of thiazole rings is 1. The number of benzene rings is 1. The van der Waals surface area contributed by atoms with Crippen molar-refractivity contribution in [2.75, 3.05) is 11.9 Å². The molecule has 1 atom stereocenters. The number of amides is 2. The number of fused-ring (bicyclic) bond motifs is 1. The molecule has 3 aromatic heterocycles. The van der Waals surface area contributed by atoms with Gasteiger partial charge in [0.1, 0.15) is 0 Å². The Morgan fingerprint density at radius 1 is 1.08 bits per heavy atom. The second-order valence-corrected chi connectivity index (χ2v) is 8.95. The third-order valence-electron chi connectivity index (χ3n) is 5.21. The maximum absolute atomic E-state index is 12.0. The highest BCUT2D eigenvalue weighted by atomic mass is 32.1. The topological polar surface area (TPSA) is 156 Å². The number of rotatable bonds is 9. The minimum atomic E-state index is -1.07. The van der Waals surface area contributed by atoms with Crippen LogP contribution in [0.5, 0.6) is 0 Å². The predicted molar refractivity (Wildman–Crippen MR) is 138 cm³/mol. The highest BCUT2D eigenvalue weighted by Crippen LogP contribution is 2.38. The number of nitrogens with zero attached hydrogens (tertiary/aromatic N) is 4. The molecule has 0 radical (unpaired) electrons. The van der Waals surface area contributed by atoms with Gasteiger partial charge >= 0.3 is 18.0 Å². The standard InChI is InChI=1S/C25H24N6O5S/c1-3-26-24(35)31-25-30-19-11-15(10-17(22(19)37-25)18-6-4-5-9-27-18)16-12-28-23(29-13-16)14(2)36-21(34)8-7-20(32)33/h4-6,9-14H,3,7-8H2,1-2H3,(H,32,33)(H2,26,30,31,35). The van der Waals surface area contributed by atoms with Crippen LogP contribution in [0.4, 0.5) is 9.93 Å². The molecular formula is C25H24N6O5S. The van der Waals surface area contributed by atoms with Gasteiger partial charge in [-0.3, -0.25) is 19.9 Å². The molecule has 37 heavy (non-hydrogen) atoms. The van der Waals surface area contributed by atoms with Crippen molar-refractivity contribution >= 4 is 44.7 Å². The van der Waals surface area contributed by atoms with Gasteiger partial charge in [0.15, 0.2) is 17.1 Å². The summed E-state index contributed by atoms with van der Waals surface area (Å²) < 4.78 is 6.10. The van der Waals surface area contributed by atoms with Gasteiger partial charge in [-0.1, -0.05) is 17.4 Å². The van der Waals surface area contributed by atoms with E-state index in [0.29, 0.717) is 28.6 Å². The summed E-state index contributed by atoms with van der Waals surface area (Å²) in [5.41, 5.74) is 3.78. The third-order valence-corrected chi connectivity index (χ3v) is 6.23. The molecule has 3 heterocycles. The lowest BCUT2D eigenvalue weighted by atomic mass is 10.0. The van der Waals surface area contributed by atoms with Crippen molar-refractivity contribution in [2.45, 2.75) is 32.8 Å². The fraction of sp³-hybridized carbons (Fsp3) is 0.240. The summed E-state index contributed by atoms with van der Waals surface area (Å²) in [4.78, 5) is 52.3. The SMILES string of the molecule is CCNC(=O)Nc1nc2cc(-c3cnc(C(C)OC(=O)CCC(=O)O)nc3)cc(-c3ccccn3)c2s1. The zero-order valence-electron chi connectivity index (χ0n) is 20.1. The minimum Gasteiger partial charge on any atom is -0.481 e. The van der Waals surface area contributed by atoms with E-state index in [9.17, 15) is 14.4 Å². The van der Waals surface area contributed by atoms with Crippen molar-refractivity contribution in [2.24, 2.45) is 0 Å². The molecule has 0 fully saturated rings. The van der Waals surface area contributed by atoms with Gasteiger partial charge in [0.05, 0.1) is 28.8 Å². The predicted octanol–water partition coefficient (Wildman–Crippen LogP) is 4.43. The summed E-state index contributed by atoms with van der Waals surface area (Å²) in [6, 6.07) is 9.15. The molecule has 3 N–H and O–H groups in total. The van der Waals surface area contributed by atoms with Crippen LogP contribution in [0.2, 0.25) is 0 Å². The van der Waals surface area contributed by atoms with Crippen LogP contribution in [0.25, 0.3) is 32.6 Å². The number of carboxylic acids is 1. The maximum atomic E-state index is 12.0. The van der Waals surface area contributed by atoms with Crippen LogP contribution in [0.3, 0.4) is 0 Å². The first-order chi connectivity index (χ1) is 17.8. The zero-order chi connectivity index (χ0) is 26.4. The van der Waals surface area contributed by atoms with E-state index in [1.807, 2.05) is 37.3 Å². The number of carbonyl (C=O) groups is 3. The summed E-state index contributed by atoms with van der Waals surface area (Å²) >= 11 is 1.36. The monoisotopic (exact) mass is 520 g/mol. The first kappa shape index (κ1) is 25.6. The second-order valence-electron chi connectivity index (χ2n) is 7.95. The highest BCUT2D eigenvalue weighted by Gasteiger charge is 2.18. The van der Waals surface area contributed by atoms with Crippen molar-refractivity contribution in [1.29, 1.82) is 0 Å². The van der Waals surface area contributed by atoms with Crippen LogP contribution in [0.1, 0.15) is 38.6 Å². The normalized spacial score (nSPS) is 11.6. The zero-order valence-corrected chi connectivity index (χ0v) is 20.9. The summed E-state index contributed by atoms with van der Waals surface area (Å²) in [5, 5.41) is 14.6. The van der Waals surface area contributed by atoms with Crippen molar-refractivity contribution in [3.05, 3.63) is 54.7 Å². The molecule has 0 aliphatic rings. The van der Waals surface area contributed by atoms with E-state index in [1.165, 1.54) is 11.3 Å². The van der Waals surface area contributed by atoms with Gasteiger partial charge < -0.3 is 15.2 Å². The second kappa shape index (κ2) is 11.5. The number of anilines is 1. The summed E-state index contributed by atoms with van der Waals surface area (Å²) in [5.74, 6) is -1.41. The largest absolute Gasteiger partial charge is 0.481 e. The Balaban J connectivity index is 1.63. The number of nitrogens with one attached hydrogen (secondary N) is 2. The molecule has 11 nitrogen and oxygen atoms in total. The van der Waals surface area contributed by atoms with E-state index in [0.717, 1.165) is 21.5 Å². The van der Waals surface area contributed by atoms with E-state index in [1.54, 1.807) is 25.5 Å². The molecule has 0 aliphatic heterocycles. The molecule has 2 amide bonds. The molecule has 4 rings (SSSR count). The van der Waals surface area contributed by atoms with Crippen LogP contribution in [0, 0.1) is 0 Å². The molecule has 0 bridgehead atoms. The maximum Gasteiger partial charge on any atom is 0.321 e. The Bertz CT molecular complexity index is 1430. The summed E-state index contributed by atoms with van der Waals surface area (Å²) in [6.45, 7) is 3.95. The molecule has 1 aromatic carbocycles. The molecule has 0 saturated heterocycles. The van der Waals surface area contributed by atoms with Gasteiger partial charge in [-0.2, -0.15) is 0 Å². The Morgan fingerprint density at radius 3 is 2.54 bits per heavy atom. The van der Waals surface area contributed by atoms with Gasteiger partial charge in [-0.15, -0.1) is 0 Å². The van der Waals surface area contributed by atoms with E-state index < -0.39 is 18.0 Å². The van der Waals surface area contributed by atoms with Gasteiger partial charge in [0, 0.05) is 36.3 Å². The molecule has 190 valence electrons. The number of pyridine rings is 1. The lowest BCUT2D eigenvalue weighted by Gasteiger charge is -2.12. The van der Waals surface area contributed by atoms with E-state index in [2.05, 4.69) is 30.6 Å².